The Kier molecular flexibility index (Phi) is 3.20. The highest BCUT2D eigenvalue weighted by Gasteiger charge is 2.16. The van der Waals surface area contributed by atoms with Crippen LogP contribution in [0, 0.1) is 17.4 Å². The predicted molar refractivity (Wildman–Crippen MR) is 57.0 cm³/mol. The van der Waals surface area contributed by atoms with Gasteiger partial charge in [-0.25, -0.2) is 10.9 Å². The highest BCUT2D eigenvalue weighted by atomic mass is 127. The van der Waals surface area contributed by atoms with E-state index in [0.717, 1.165) is 5.56 Å². The number of halogens is 1. The molecule has 0 unspecified atom stereocenters. The summed E-state index contributed by atoms with van der Waals surface area (Å²) >= 11 is -3.73. The van der Waals surface area contributed by atoms with Gasteiger partial charge in [-0.2, -0.15) is 0 Å². The fraction of sp³-hybridized carbons (Fsp3) is 0.222. The van der Waals surface area contributed by atoms with Crippen LogP contribution in [0.4, 0.5) is 0 Å². The molecule has 1 rings (SSSR count). The summed E-state index contributed by atoms with van der Waals surface area (Å²) in [4.78, 5) is 10.8. The van der Waals surface area contributed by atoms with E-state index in [1.54, 1.807) is 19.9 Å². The molecule has 0 bridgehead atoms. The van der Waals surface area contributed by atoms with E-state index >= 15 is 0 Å². The molecule has 4 nitrogen and oxygen atoms in total. The molecule has 0 aliphatic carbocycles. The summed E-state index contributed by atoms with van der Waals surface area (Å²) < 4.78 is 21.8. The van der Waals surface area contributed by atoms with Crippen LogP contribution < -0.4 is 0 Å². The molecule has 0 heterocycles. The number of hydrogen-bond acceptors (Lipinski definition) is 3. The van der Waals surface area contributed by atoms with Gasteiger partial charge in [-0.1, -0.05) is 6.07 Å². The zero-order valence-corrected chi connectivity index (χ0v) is 9.86. The van der Waals surface area contributed by atoms with Crippen molar-refractivity contribution >= 4 is 25.8 Å². The van der Waals surface area contributed by atoms with Crippen LogP contribution in [0.15, 0.2) is 12.1 Å². The maximum Gasteiger partial charge on any atom is 0.341 e. The van der Waals surface area contributed by atoms with E-state index in [2.05, 4.69) is 0 Å². The van der Waals surface area contributed by atoms with Crippen molar-refractivity contribution in [1.29, 1.82) is 0 Å². The minimum Gasteiger partial charge on any atom is -0.478 e. The Morgan fingerprint density at radius 3 is 2.29 bits per heavy atom. The Balaban J connectivity index is 3.60. The van der Waals surface area contributed by atoms with Crippen LogP contribution >= 0.6 is 19.8 Å². The van der Waals surface area contributed by atoms with Crippen LogP contribution in [0.25, 0.3) is 0 Å². The summed E-state index contributed by atoms with van der Waals surface area (Å²) in [5, 5.41) is 8.81. The van der Waals surface area contributed by atoms with Crippen molar-refractivity contribution in [2.45, 2.75) is 13.8 Å². The molecule has 14 heavy (non-hydrogen) atoms. The lowest BCUT2D eigenvalue weighted by atomic mass is 10.1. The fourth-order valence-corrected chi connectivity index (χ4v) is 3.02. The van der Waals surface area contributed by atoms with Crippen LogP contribution in [0.5, 0.6) is 0 Å². The zero-order valence-electron chi connectivity index (χ0n) is 7.70. The SMILES string of the molecule is Cc1cc(C)c(I(=O)=O)c(C(=O)O)c1. The monoisotopic (exact) mass is 308 g/mol. The normalized spacial score (nSPS) is 10.5. The number of aromatic carboxylic acids is 1. The summed E-state index contributed by atoms with van der Waals surface area (Å²) in [6.07, 6.45) is 0. The molecule has 5 heteroatoms. The molecule has 0 saturated heterocycles. The van der Waals surface area contributed by atoms with Crippen molar-refractivity contribution in [3.8, 4) is 0 Å². The van der Waals surface area contributed by atoms with Crippen molar-refractivity contribution in [3.63, 3.8) is 0 Å². The van der Waals surface area contributed by atoms with Gasteiger partial charge in [0, 0.05) is 0 Å². The average molecular weight is 308 g/mol. The van der Waals surface area contributed by atoms with E-state index in [9.17, 15) is 10.9 Å². The fourth-order valence-electron chi connectivity index (χ4n) is 1.31. The van der Waals surface area contributed by atoms with E-state index in [1.807, 2.05) is 0 Å². The molecule has 1 aromatic carbocycles. The third-order valence-corrected chi connectivity index (χ3v) is 4.10. The molecule has 1 aromatic rings. The summed E-state index contributed by atoms with van der Waals surface area (Å²) in [6.45, 7) is 3.34. The van der Waals surface area contributed by atoms with Gasteiger partial charge in [-0.05, 0) is 31.0 Å². The predicted octanol–water partition coefficient (Wildman–Crippen LogP) is 2.37. The summed E-state index contributed by atoms with van der Waals surface area (Å²) in [5.74, 6) is -1.19. The number of benzene rings is 1. The van der Waals surface area contributed by atoms with E-state index in [1.165, 1.54) is 6.07 Å². The summed E-state index contributed by atoms with van der Waals surface area (Å²) in [7, 11) is 0. The third-order valence-electron chi connectivity index (χ3n) is 1.78. The largest absolute Gasteiger partial charge is 0.478 e. The number of carbonyl (C=O) groups is 1. The lowest BCUT2D eigenvalue weighted by molar-refractivity contribution is 0.0695. The first-order valence-electron chi connectivity index (χ1n) is 3.83. The summed E-state index contributed by atoms with van der Waals surface area (Å²) in [5.41, 5.74) is 1.15. The minimum absolute atomic E-state index is 0.00713. The van der Waals surface area contributed by atoms with Crippen molar-refractivity contribution in [3.05, 3.63) is 32.4 Å². The number of carboxylic acid groups (broad SMARTS) is 1. The molecule has 1 N–H and O–H groups in total. The van der Waals surface area contributed by atoms with Crippen LogP contribution in [-0.2, 0) is 6.14 Å². The van der Waals surface area contributed by atoms with Gasteiger partial charge >= 0.3 is 25.8 Å². The molecular formula is C9H9IO4. The first-order valence-corrected chi connectivity index (χ1v) is 6.67. The highest BCUT2D eigenvalue weighted by Crippen LogP contribution is 2.26. The average Bonchev–Trinajstić information content (AvgIpc) is 2.01. The second kappa shape index (κ2) is 4.04. The van der Waals surface area contributed by atoms with Gasteiger partial charge in [0.2, 0.25) is 0 Å². The molecule has 0 radical (unpaired) electrons. The van der Waals surface area contributed by atoms with Crippen LogP contribution in [-0.4, -0.2) is 11.1 Å². The number of hydrogen-bond donors (Lipinski definition) is 1. The second-order valence-corrected chi connectivity index (χ2v) is 5.28. The van der Waals surface area contributed by atoms with Gasteiger partial charge in [-0.3, -0.25) is 0 Å². The minimum atomic E-state index is -3.73. The second-order valence-electron chi connectivity index (χ2n) is 2.97. The quantitative estimate of drug-likeness (QED) is 0.851. The first-order chi connectivity index (χ1) is 6.43. The maximum atomic E-state index is 10.9. The van der Waals surface area contributed by atoms with E-state index in [4.69, 9.17) is 5.11 Å². The standard InChI is InChI=1S/C9H9IO4/c1-5-3-6(2)8(10(13)14)7(4-5)9(11)12/h3-4H,1-2H3,(H,11,12). The van der Waals surface area contributed by atoms with Gasteiger partial charge in [0.25, 0.3) is 0 Å². The van der Waals surface area contributed by atoms with Crippen LogP contribution in [0.1, 0.15) is 21.5 Å². The Morgan fingerprint density at radius 2 is 1.86 bits per heavy atom. The topological polar surface area (TPSA) is 71.4 Å². The molecule has 0 amide bonds. The van der Waals surface area contributed by atoms with E-state index in [-0.39, 0.29) is 9.13 Å². The molecule has 0 saturated carbocycles. The van der Waals surface area contributed by atoms with Gasteiger partial charge in [0.05, 0.1) is 9.13 Å². The van der Waals surface area contributed by atoms with Crippen molar-refractivity contribution in [2.24, 2.45) is 0 Å². The smallest absolute Gasteiger partial charge is 0.341 e. The number of carboxylic acids is 1. The third kappa shape index (κ3) is 2.09. The van der Waals surface area contributed by atoms with Gasteiger partial charge in [0.15, 0.2) is 0 Å². The van der Waals surface area contributed by atoms with Crippen molar-refractivity contribution in [2.75, 3.05) is 0 Å². The molecule has 0 fully saturated rings. The first kappa shape index (κ1) is 11.1. The maximum absolute atomic E-state index is 10.9. The number of rotatable bonds is 2. The van der Waals surface area contributed by atoms with Crippen LogP contribution in [0.2, 0.25) is 0 Å². The van der Waals surface area contributed by atoms with E-state index < -0.39 is 25.8 Å². The number of aryl methyl sites for hydroxylation is 2. The highest BCUT2D eigenvalue weighted by molar-refractivity contribution is 14.2. The molecule has 0 aliphatic heterocycles. The lowest BCUT2D eigenvalue weighted by Gasteiger charge is -2.03. The Bertz CT molecular complexity index is 452. The Labute approximate surface area is 88.1 Å². The summed E-state index contributed by atoms with van der Waals surface area (Å²) in [6, 6.07) is 3.05. The Hall–Kier alpha value is -0.980. The van der Waals surface area contributed by atoms with Crippen molar-refractivity contribution in [1.82, 2.24) is 0 Å². The van der Waals surface area contributed by atoms with Gasteiger partial charge in [0.1, 0.15) is 0 Å². The molecule has 0 atom stereocenters. The molecule has 76 valence electrons. The van der Waals surface area contributed by atoms with Crippen LogP contribution in [0.3, 0.4) is 0 Å². The molecular weight excluding hydrogens is 299 g/mol. The molecule has 0 spiro atoms. The van der Waals surface area contributed by atoms with Gasteiger partial charge < -0.3 is 5.11 Å². The molecule has 0 aromatic heterocycles. The van der Waals surface area contributed by atoms with Gasteiger partial charge in [-0.15, -0.1) is 0 Å². The molecule has 0 aliphatic rings. The lowest BCUT2D eigenvalue weighted by Crippen LogP contribution is -2.02. The Morgan fingerprint density at radius 1 is 1.29 bits per heavy atom. The van der Waals surface area contributed by atoms with Crippen molar-refractivity contribution < 1.29 is 16.0 Å². The van der Waals surface area contributed by atoms with E-state index in [0.29, 0.717) is 5.56 Å². The zero-order chi connectivity index (χ0) is 10.9.